The number of nitrogens with zero attached hydrogens (tertiary/aromatic N) is 4. The molecule has 3 aromatic heterocycles. The SMILES string of the molecule is Cn1cccc1CNCc1ccc(CN(Cc2ccccn2)C2CCCc3cccnc32)cc1. The van der Waals surface area contributed by atoms with Crippen LogP contribution >= 0.6 is 0 Å². The Bertz CT molecular complexity index is 1180. The molecule has 0 radical (unpaired) electrons. The van der Waals surface area contributed by atoms with Gasteiger partial charge in [0.2, 0.25) is 0 Å². The molecule has 0 saturated carbocycles. The topological polar surface area (TPSA) is 46.0 Å². The fraction of sp³-hybridized carbons (Fsp3) is 0.310. The molecule has 3 heterocycles. The minimum Gasteiger partial charge on any atom is -0.353 e. The van der Waals surface area contributed by atoms with E-state index in [1.165, 1.54) is 34.5 Å². The second kappa shape index (κ2) is 10.8. The highest BCUT2D eigenvalue weighted by atomic mass is 15.2. The highest BCUT2D eigenvalue weighted by Gasteiger charge is 2.27. The van der Waals surface area contributed by atoms with E-state index in [1.807, 2.05) is 18.5 Å². The van der Waals surface area contributed by atoms with Crippen molar-refractivity contribution in [2.75, 3.05) is 0 Å². The molecule has 0 bridgehead atoms. The Balaban J connectivity index is 1.29. The molecular formula is C29H33N5. The molecule has 34 heavy (non-hydrogen) atoms. The number of aromatic nitrogens is 3. The third-order valence-electron chi connectivity index (χ3n) is 6.79. The molecule has 0 amide bonds. The van der Waals surface area contributed by atoms with E-state index in [9.17, 15) is 0 Å². The van der Waals surface area contributed by atoms with Gasteiger partial charge in [-0.15, -0.1) is 0 Å². The van der Waals surface area contributed by atoms with E-state index in [0.717, 1.165) is 44.7 Å². The normalized spacial score (nSPS) is 15.4. The number of hydrogen-bond acceptors (Lipinski definition) is 4. The molecule has 174 valence electrons. The Morgan fingerprint density at radius 3 is 2.53 bits per heavy atom. The van der Waals surface area contributed by atoms with Gasteiger partial charge in [-0.05, 0) is 66.3 Å². The van der Waals surface area contributed by atoms with Crippen LogP contribution in [-0.4, -0.2) is 19.4 Å². The predicted molar refractivity (Wildman–Crippen MR) is 136 cm³/mol. The maximum Gasteiger partial charge on any atom is 0.0607 e. The summed E-state index contributed by atoms with van der Waals surface area (Å²) in [6, 6.07) is 24.1. The summed E-state index contributed by atoms with van der Waals surface area (Å²) >= 11 is 0. The molecule has 4 aromatic rings. The van der Waals surface area contributed by atoms with Gasteiger partial charge in [-0.2, -0.15) is 0 Å². The number of rotatable bonds is 9. The Hall–Kier alpha value is -3.28. The minimum absolute atomic E-state index is 0.318. The van der Waals surface area contributed by atoms with Gasteiger partial charge in [-0.1, -0.05) is 36.4 Å². The van der Waals surface area contributed by atoms with E-state index in [2.05, 4.69) is 93.7 Å². The molecule has 1 aliphatic carbocycles. The first kappa shape index (κ1) is 22.5. The molecule has 0 fully saturated rings. The number of fused-ring (bicyclic) bond motifs is 1. The van der Waals surface area contributed by atoms with Gasteiger partial charge in [0.15, 0.2) is 0 Å². The predicted octanol–water partition coefficient (Wildman–Crippen LogP) is 5.18. The lowest BCUT2D eigenvalue weighted by Gasteiger charge is -2.35. The van der Waals surface area contributed by atoms with E-state index >= 15 is 0 Å². The summed E-state index contributed by atoms with van der Waals surface area (Å²) in [4.78, 5) is 12.0. The third kappa shape index (κ3) is 5.44. The van der Waals surface area contributed by atoms with Crippen LogP contribution in [0.3, 0.4) is 0 Å². The Labute approximate surface area is 202 Å². The first-order valence-corrected chi connectivity index (χ1v) is 12.2. The Morgan fingerprint density at radius 2 is 1.74 bits per heavy atom. The van der Waals surface area contributed by atoms with Crippen molar-refractivity contribution in [1.82, 2.24) is 24.8 Å². The standard InChI is InChI=1S/C29H33N5/c1-33-18-6-10-27(33)20-30-19-23-12-14-24(15-13-23)21-34(22-26-9-2-3-16-31-26)28-11-4-7-25-8-5-17-32-29(25)28/h2-3,5-6,8-10,12-18,28,30H,4,7,11,19-22H2,1H3. The monoisotopic (exact) mass is 451 g/mol. The van der Waals surface area contributed by atoms with Crippen molar-refractivity contribution < 1.29 is 0 Å². The van der Waals surface area contributed by atoms with Crippen molar-refractivity contribution in [3.63, 3.8) is 0 Å². The van der Waals surface area contributed by atoms with Crippen LogP contribution in [0.2, 0.25) is 0 Å². The van der Waals surface area contributed by atoms with Crippen molar-refractivity contribution in [3.05, 3.63) is 119 Å². The smallest absolute Gasteiger partial charge is 0.0607 e. The lowest BCUT2D eigenvalue weighted by atomic mass is 9.90. The van der Waals surface area contributed by atoms with E-state index in [4.69, 9.17) is 4.98 Å². The Kier molecular flexibility index (Phi) is 7.13. The summed E-state index contributed by atoms with van der Waals surface area (Å²) in [7, 11) is 2.09. The van der Waals surface area contributed by atoms with Gasteiger partial charge in [0, 0.05) is 57.5 Å². The summed E-state index contributed by atoms with van der Waals surface area (Å²) in [6.07, 6.45) is 9.38. The number of pyridine rings is 2. The van der Waals surface area contributed by atoms with Gasteiger partial charge in [0.1, 0.15) is 0 Å². The molecule has 1 atom stereocenters. The molecule has 0 aliphatic heterocycles. The first-order valence-electron chi connectivity index (χ1n) is 12.2. The largest absolute Gasteiger partial charge is 0.353 e. The van der Waals surface area contributed by atoms with Gasteiger partial charge < -0.3 is 9.88 Å². The quantitative estimate of drug-likeness (QED) is 0.381. The molecular weight excluding hydrogens is 418 g/mol. The zero-order chi connectivity index (χ0) is 23.2. The van der Waals surface area contributed by atoms with E-state index in [0.29, 0.717) is 6.04 Å². The van der Waals surface area contributed by atoms with Gasteiger partial charge in [-0.3, -0.25) is 14.9 Å². The average molecular weight is 452 g/mol. The van der Waals surface area contributed by atoms with Crippen LogP contribution in [0.5, 0.6) is 0 Å². The van der Waals surface area contributed by atoms with E-state index in [-0.39, 0.29) is 0 Å². The minimum atomic E-state index is 0.318. The Morgan fingerprint density at radius 1 is 0.882 bits per heavy atom. The molecule has 5 rings (SSSR count). The van der Waals surface area contributed by atoms with Crippen molar-refractivity contribution in [2.45, 2.75) is 51.5 Å². The molecule has 5 nitrogen and oxygen atoms in total. The zero-order valence-electron chi connectivity index (χ0n) is 19.9. The molecule has 0 spiro atoms. The van der Waals surface area contributed by atoms with Crippen molar-refractivity contribution >= 4 is 0 Å². The van der Waals surface area contributed by atoms with E-state index in [1.54, 1.807) is 0 Å². The highest BCUT2D eigenvalue weighted by molar-refractivity contribution is 5.27. The van der Waals surface area contributed by atoms with Crippen molar-refractivity contribution in [1.29, 1.82) is 0 Å². The first-order chi connectivity index (χ1) is 16.8. The van der Waals surface area contributed by atoms with Gasteiger partial charge in [0.05, 0.1) is 17.4 Å². The van der Waals surface area contributed by atoms with Crippen LogP contribution in [0.25, 0.3) is 0 Å². The second-order valence-electron chi connectivity index (χ2n) is 9.21. The number of benzene rings is 1. The second-order valence-corrected chi connectivity index (χ2v) is 9.21. The van der Waals surface area contributed by atoms with Gasteiger partial charge in [-0.25, -0.2) is 0 Å². The van der Waals surface area contributed by atoms with Crippen LogP contribution in [-0.2, 0) is 39.6 Å². The van der Waals surface area contributed by atoms with E-state index < -0.39 is 0 Å². The fourth-order valence-electron chi connectivity index (χ4n) is 4.93. The molecule has 1 aromatic carbocycles. The molecule has 0 saturated heterocycles. The zero-order valence-corrected chi connectivity index (χ0v) is 19.9. The summed E-state index contributed by atoms with van der Waals surface area (Å²) in [5.41, 5.74) is 7.66. The molecule has 1 aliphatic rings. The maximum atomic E-state index is 4.81. The summed E-state index contributed by atoms with van der Waals surface area (Å²) in [6.45, 7) is 3.44. The lowest BCUT2D eigenvalue weighted by Crippen LogP contribution is -2.31. The van der Waals surface area contributed by atoms with Gasteiger partial charge >= 0.3 is 0 Å². The van der Waals surface area contributed by atoms with Crippen molar-refractivity contribution in [3.8, 4) is 0 Å². The van der Waals surface area contributed by atoms with Crippen LogP contribution in [0.4, 0.5) is 0 Å². The lowest BCUT2D eigenvalue weighted by molar-refractivity contribution is 0.155. The van der Waals surface area contributed by atoms with Crippen LogP contribution in [0, 0.1) is 0 Å². The maximum absolute atomic E-state index is 4.81. The van der Waals surface area contributed by atoms with Crippen LogP contribution in [0.15, 0.2) is 85.3 Å². The molecule has 1 unspecified atom stereocenters. The number of aryl methyl sites for hydroxylation is 2. The third-order valence-corrected chi connectivity index (χ3v) is 6.79. The summed E-state index contributed by atoms with van der Waals surface area (Å²) in [5, 5.41) is 3.55. The highest BCUT2D eigenvalue weighted by Crippen LogP contribution is 2.34. The average Bonchev–Trinajstić information content (AvgIpc) is 3.29. The van der Waals surface area contributed by atoms with Crippen molar-refractivity contribution in [2.24, 2.45) is 7.05 Å². The molecule has 5 heteroatoms. The van der Waals surface area contributed by atoms with Crippen LogP contribution < -0.4 is 5.32 Å². The number of hydrogen-bond donors (Lipinski definition) is 1. The van der Waals surface area contributed by atoms with Crippen LogP contribution in [0.1, 0.15) is 52.7 Å². The molecule has 1 N–H and O–H groups in total. The summed E-state index contributed by atoms with van der Waals surface area (Å²) < 4.78 is 2.16. The van der Waals surface area contributed by atoms with Gasteiger partial charge in [0.25, 0.3) is 0 Å². The number of nitrogens with one attached hydrogen (secondary N) is 1. The fourth-order valence-corrected chi connectivity index (χ4v) is 4.93. The summed E-state index contributed by atoms with van der Waals surface area (Å²) in [5.74, 6) is 0.